The fraction of sp³-hybridized carbons (Fsp3) is 0.350. The quantitative estimate of drug-likeness (QED) is 0.423. The van der Waals surface area contributed by atoms with Crippen molar-refractivity contribution < 1.29 is 27.9 Å². The van der Waals surface area contributed by atoms with Gasteiger partial charge in [-0.2, -0.15) is 0 Å². The third kappa shape index (κ3) is 4.98. The first-order chi connectivity index (χ1) is 13.0. The van der Waals surface area contributed by atoms with Gasteiger partial charge in [-0.1, -0.05) is 30.3 Å². The van der Waals surface area contributed by atoms with Crippen molar-refractivity contribution in [2.45, 2.75) is 19.5 Å². The van der Waals surface area contributed by atoms with Crippen LogP contribution in [0.3, 0.4) is 0 Å². The van der Waals surface area contributed by atoms with Crippen molar-refractivity contribution in [3.63, 3.8) is 0 Å². The van der Waals surface area contributed by atoms with Gasteiger partial charge < -0.3 is 18.5 Å². The molecular formula is C20H25O6P. The van der Waals surface area contributed by atoms with Crippen molar-refractivity contribution in [3.05, 3.63) is 59.7 Å². The van der Waals surface area contributed by atoms with Gasteiger partial charge in [0.1, 0.15) is 17.2 Å². The van der Waals surface area contributed by atoms with Gasteiger partial charge >= 0.3 is 7.60 Å². The SMILES string of the molecule is CCOP(=O)(OCC)C(C(=O)c1ccccc1)c1cc(OC)cc(OC)c1. The zero-order chi connectivity index (χ0) is 19.9. The number of methoxy groups -OCH3 is 2. The monoisotopic (exact) mass is 392 g/mol. The number of ketones is 1. The molecule has 146 valence electrons. The predicted molar refractivity (Wildman–Crippen MR) is 104 cm³/mol. The van der Waals surface area contributed by atoms with E-state index in [-0.39, 0.29) is 19.0 Å². The first-order valence-corrected chi connectivity index (χ1v) is 10.3. The van der Waals surface area contributed by atoms with Crippen LogP contribution in [0.25, 0.3) is 0 Å². The average molecular weight is 392 g/mol. The number of hydrogen-bond acceptors (Lipinski definition) is 6. The van der Waals surface area contributed by atoms with Crippen LogP contribution < -0.4 is 9.47 Å². The number of rotatable bonds is 10. The summed E-state index contributed by atoms with van der Waals surface area (Å²) in [6, 6.07) is 13.7. The van der Waals surface area contributed by atoms with Gasteiger partial charge in [-0.15, -0.1) is 0 Å². The highest BCUT2D eigenvalue weighted by Crippen LogP contribution is 2.62. The molecule has 2 aromatic rings. The van der Waals surface area contributed by atoms with Gasteiger partial charge in [0.05, 0.1) is 27.4 Å². The van der Waals surface area contributed by atoms with Crippen molar-refractivity contribution >= 4 is 13.4 Å². The molecule has 0 radical (unpaired) electrons. The summed E-state index contributed by atoms with van der Waals surface area (Å²) in [4.78, 5) is 13.3. The molecule has 27 heavy (non-hydrogen) atoms. The summed E-state index contributed by atoms with van der Waals surface area (Å²) in [5, 5.41) is 0. The number of ether oxygens (including phenoxy) is 2. The lowest BCUT2D eigenvalue weighted by molar-refractivity contribution is 0.0967. The molecule has 7 heteroatoms. The molecule has 0 fully saturated rings. The molecule has 0 heterocycles. The van der Waals surface area contributed by atoms with Crippen LogP contribution in [0, 0.1) is 0 Å². The zero-order valence-electron chi connectivity index (χ0n) is 16.0. The highest BCUT2D eigenvalue weighted by atomic mass is 31.2. The highest BCUT2D eigenvalue weighted by molar-refractivity contribution is 7.55. The van der Waals surface area contributed by atoms with E-state index in [0.29, 0.717) is 22.6 Å². The first kappa shape index (κ1) is 21.2. The van der Waals surface area contributed by atoms with Crippen LogP contribution in [-0.4, -0.2) is 33.2 Å². The molecule has 6 nitrogen and oxygen atoms in total. The second-order valence-corrected chi connectivity index (χ2v) is 7.77. The largest absolute Gasteiger partial charge is 0.497 e. The van der Waals surface area contributed by atoms with Gasteiger partial charge in [0, 0.05) is 11.6 Å². The fourth-order valence-electron chi connectivity index (χ4n) is 2.77. The van der Waals surface area contributed by atoms with Crippen molar-refractivity contribution in [2.24, 2.45) is 0 Å². The van der Waals surface area contributed by atoms with E-state index in [0.717, 1.165) is 0 Å². The summed E-state index contributed by atoms with van der Waals surface area (Å²) in [6.45, 7) is 3.72. The van der Waals surface area contributed by atoms with E-state index in [2.05, 4.69) is 0 Å². The van der Waals surface area contributed by atoms with E-state index in [1.807, 2.05) is 6.07 Å². The minimum Gasteiger partial charge on any atom is -0.497 e. The third-order valence-electron chi connectivity index (χ3n) is 3.93. The second-order valence-electron chi connectivity index (χ2n) is 5.65. The van der Waals surface area contributed by atoms with E-state index < -0.39 is 13.3 Å². The maximum absolute atomic E-state index is 13.6. The van der Waals surface area contributed by atoms with Crippen LogP contribution in [0.1, 0.15) is 35.4 Å². The van der Waals surface area contributed by atoms with Gasteiger partial charge in [-0.3, -0.25) is 9.36 Å². The molecule has 0 aliphatic heterocycles. The van der Waals surface area contributed by atoms with Crippen molar-refractivity contribution in [3.8, 4) is 11.5 Å². The van der Waals surface area contributed by atoms with Crippen LogP contribution in [0.4, 0.5) is 0 Å². The Labute approximate surface area is 159 Å². The predicted octanol–water partition coefficient (Wildman–Crippen LogP) is 4.89. The maximum atomic E-state index is 13.6. The molecule has 0 aliphatic rings. The lowest BCUT2D eigenvalue weighted by atomic mass is 10.0. The van der Waals surface area contributed by atoms with Gasteiger partial charge in [-0.05, 0) is 31.5 Å². The summed E-state index contributed by atoms with van der Waals surface area (Å²) >= 11 is 0. The zero-order valence-corrected chi connectivity index (χ0v) is 16.9. The van der Waals surface area contributed by atoms with Crippen LogP contribution in [0.2, 0.25) is 0 Å². The van der Waals surface area contributed by atoms with Crippen LogP contribution >= 0.6 is 7.60 Å². The third-order valence-corrected chi connectivity index (χ3v) is 6.33. The minimum atomic E-state index is -3.79. The lowest BCUT2D eigenvalue weighted by Gasteiger charge is -2.26. The Balaban J connectivity index is 2.66. The molecule has 0 saturated heterocycles. The number of Topliss-reactive ketones (excluding diaryl/α,β-unsaturated/α-hetero) is 1. The molecule has 0 saturated carbocycles. The second kappa shape index (κ2) is 9.70. The number of benzene rings is 2. The Morgan fingerprint density at radius 2 is 1.44 bits per heavy atom. The van der Waals surface area contributed by atoms with E-state index in [9.17, 15) is 9.36 Å². The topological polar surface area (TPSA) is 71.1 Å². The lowest BCUT2D eigenvalue weighted by Crippen LogP contribution is -2.17. The van der Waals surface area contributed by atoms with Crippen LogP contribution in [0.15, 0.2) is 48.5 Å². The Hall–Kier alpha value is -2.14. The Morgan fingerprint density at radius 3 is 1.89 bits per heavy atom. The molecule has 1 unspecified atom stereocenters. The minimum absolute atomic E-state index is 0.150. The van der Waals surface area contributed by atoms with E-state index in [1.165, 1.54) is 14.2 Å². The fourth-order valence-corrected chi connectivity index (χ4v) is 4.81. The number of hydrogen-bond donors (Lipinski definition) is 0. The molecule has 0 amide bonds. The normalized spacial score (nSPS) is 12.4. The molecule has 2 aromatic carbocycles. The Morgan fingerprint density at radius 1 is 0.926 bits per heavy atom. The molecule has 0 aromatic heterocycles. The molecule has 0 aliphatic carbocycles. The Bertz CT molecular complexity index is 773. The van der Waals surface area contributed by atoms with E-state index in [4.69, 9.17) is 18.5 Å². The van der Waals surface area contributed by atoms with Gasteiger partial charge in [0.2, 0.25) is 0 Å². The molecule has 0 bridgehead atoms. The smallest absolute Gasteiger partial charge is 0.345 e. The van der Waals surface area contributed by atoms with Crippen molar-refractivity contribution in [1.82, 2.24) is 0 Å². The van der Waals surface area contributed by atoms with Gasteiger partial charge in [0.15, 0.2) is 5.78 Å². The van der Waals surface area contributed by atoms with Crippen LogP contribution in [0.5, 0.6) is 11.5 Å². The number of carbonyl (C=O) groups excluding carboxylic acids is 1. The Kier molecular flexibility index (Phi) is 7.60. The average Bonchev–Trinajstić information content (AvgIpc) is 2.68. The molecule has 2 rings (SSSR count). The maximum Gasteiger partial charge on any atom is 0.345 e. The van der Waals surface area contributed by atoms with Crippen LogP contribution in [-0.2, 0) is 13.6 Å². The van der Waals surface area contributed by atoms with Gasteiger partial charge in [-0.25, -0.2) is 0 Å². The molecular weight excluding hydrogens is 367 g/mol. The molecule has 0 N–H and O–H groups in total. The summed E-state index contributed by atoms with van der Waals surface area (Å²) in [5.41, 5.74) is -0.266. The summed E-state index contributed by atoms with van der Waals surface area (Å²) in [6.07, 6.45) is 0. The highest BCUT2D eigenvalue weighted by Gasteiger charge is 2.43. The standard InChI is InChI=1S/C20H25O6P/c1-5-25-27(22,26-6-2)20(19(21)15-10-8-7-9-11-15)16-12-17(23-3)14-18(13-16)24-4/h7-14,20H,5-6H2,1-4H3. The summed E-state index contributed by atoms with van der Waals surface area (Å²) < 4.78 is 35.2. The number of carbonyl (C=O) groups is 1. The van der Waals surface area contributed by atoms with E-state index >= 15 is 0 Å². The molecule has 1 atom stereocenters. The van der Waals surface area contributed by atoms with Crippen molar-refractivity contribution in [2.75, 3.05) is 27.4 Å². The summed E-state index contributed by atoms with van der Waals surface area (Å²) in [5.74, 6) is 0.612. The molecule has 0 spiro atoms. The first-order valence-electron chi connectivity index (χ1n) is 8.70. The van der Waals surface area contributed by atoms with E-state index in [1.54, 1.807) is 56.3 Å². The van der Waals surface area contributed by atoms with Gasteiger partial charge in [0.25, 0.3) is 0 Å². The van der Waals surface area contributed by atoms with Crippen molar-refractivity contribution in [1.29, 1.82) is 0 Å². The summed E-state index contributed by atoms with van der Waals surface area (Å²) in [7, 11) is -0.772.